The van der Waals surface area contributed by atoms with Gasteiger partial charge in [-0.1, -0.05) is 6.07 Å². The summed E-state index contributed by atoms with van der Waals surface area (Å²) in [5, 5.41) is 20.2. The smallest absolute Gasteiger partial charge is 0.339 e. The molecule has 2 heterocycles. The number of carbonyl (C=O) groups is 1. The Kier molecular flexibility index (Phi) is 4.24. The molecule has 0 atom stereocenters. The second kappa shape index (κ2) is 6.10. The molecule has 0 saturated heterocycles. The van der Waals surface area contributed by atoms with Gasteiger partial charge in [-0.2, -0.15) is 5.10 Å². The Morgan fingerprint density at radius 3 is 2.80 bits per heavy atom. The van der Waals surface area contributed by atoms with Crippen molar-refractivity contribution in [1.29, 1.82) is 0 Å². The van der Waals surface area contributed by atoms with Crippen LogP contribution in [0, 0.1) is 13.8 Å². The van der Waals surface area contributed by atoms with Crippen LogP contribution in [0.5, 0.6) is 0 Å². The Hall–Kier alpha value is -2.50. The molecule has 0 amide bonds. The molecule has 2 rings (SSSR count). The number of anilines is 1. The summed E-state index contributed by atoms with van der Waals surface area (Å²) in [6, 6.07) is 3.84. The number of hydrogen-bond acceptors (Lipinski definition) is 5. The molecule has 0 saturated carbocycles. The number of aromatic nitrogens is 3. The minimum Gasteiger partial charge on any atom is -0.478 e. The van der Waals surface area contributed by atoms with Gasteiger partial charge in [0.2, 0.25) is 0 Å². The first-order chi connectivity index (χ1) is 9.59. The van der Waals surface area contributed by atoms with E-state index in [4.69, 9.17) is 0 Å². The van der Waals surface area contributed by atoms with E-state index in [1.165, 1.54) is 0 Å². The molecule has 2 N–H and O–H groups in total. The van der Waals surface area contributed by atoms with Crippen LogP contribution in [0.3, 0.4) is 0 Å². The Morgan fingerprint density at radius 1 is 1.35 bits per heavy atom. The molecular weight excluding hydrogens is 256 g/mol. The van der Waals surface area contributed by atoms with Gasteiger partial charge < -0.3 is 10.4 Å². The van der Waals surface area contributed by atoms with Gasteiger partial charge in [-0.15, -0.1) is 5.10 Å². The van der Waals surface area contributed by atoms with Crippen molar-refractivity contribution in [3.8, 4) is 0 Å². The second-order valence-electron chi connectivity index (χ2n) is 4.48. The summed E-state index contributed by atoms with van der Waals surface area (Å²) in [5.74, 6) is -0.686. The molecule has 0 aliphatic rings. The van der Waals surface area contributed by atoms with Gasteiger partial charge in [-0.3, -0.25) is 4.98 Å². The number of nitrogens with zero attached hydrogens (tertiary/aromatic N) is 3. The topological polar surface area (TPSA) is 88.0 Å². The van der Waals surface area contributed by atoms with Crippen molar-refractivity contribution >= 4 is 11.8 Å². The summed E-state index contributed by atoms with van der Waals surface area (Å²) < 4.78 is 0. The number of rotatable bonds is 5. The molecule has 0 aromatic carbocycles. The van der Waals surface area contributed by atoms with Crippen molar-refractivity contribution in [3.63, 3.8) is 0 Å². The number of aromatic carboxylic acids is 1. The first-order valence-electron chi connectivity index (χ1n) is 6.29. The SMILES string of the molecule is Cc1nnc(NCCc2cccnc2)c(C(=O)O)c1C. The van der Waals surface area contributed by atoms with Crippen LogP contribution in [0.2, 0.25) is 0 Å². The first kappa shape index (κ1) is 13.9. The Labute approximate surface area is 116 Å². The molecule has 0 aliphatic heterocycles. The number of aryl methyl sites for hydroxylation is 1. The summed E-state index contributed by atoms with van der Waals surface area (Å²) in [6.45, 7) is 4.05. The zero-order valence-electron chi connectivity index (χ0n) is 11.4. The second-order valence-corrected chi connectivity index (χ2v) is 4.48. The van der Waals surface area contributed by atoms with Crippen LogP contribution < -0.4 is 5.32 Å². The average Bonchev–Trinajstić information content (AvgIpc) is 2.43. The van der Waals surface area contributed by atoms with E-state index >= 15 is 0 Å². The largest absolute Gasteiger partial charge is 0.478 e. The maximum Gasteiger partial charge on any atom is 0.339 e. The molecule has 6 heteroatoms. The van der Waals surface area contributed by atoms with Gasteiger partial charge in [-0.25, -0.2) is 4.79 Å². The standard InChI is InChI=1S/C14H16N4O2/c1-9-10(2)17-18-13(12(9)14(19)20)16-7-5-11-4-3-6-15-8-11/h3-4,6,8H,5,7H2,1-2H3,(H,16,18)(H,19,20). The maximum absolute atomic E-state index is 11.3. The molecule has 2 aromatic rings. The van der Waals surface area contributed by atoms with Gasteiger partial charge in [0.25, 0.3) is 0 Å². The number of carboxylic acid groups (broad SMARTS) is 1. The number of carboxylic acids is 1. The molecule has 0 radical (unpaired) electrons. The lowest BCUT2D eigenvalue weighted by molar-refractivity contribution is 0.0696. The third kappa shape index (κ3) is 3.09. The summed E-state index contributed by atoms with van der Waals surface area (Å²) in [4.78, 5) is 15.3. The number of hydrogen-bond donors (Lipinski definition) is 2. The molecule has 0 aliphatic carbocycles. The summed E-state index contributed by atoms with van der Waals surface area (Å²) >= 11 is 0. The van der Waals surface area contributed by atoms with Crippen molar-refractivity contribution in [1.82, 2.24) is 15.2 Å². The third-order valence-electron chi connectivity index (χ3n) is 3.10. The lowest BCUT2D eigenvalue weighted by atomic mass is 10.1. The predicted octanol–water partition coefficient (Wildman–Crippen LogP) is 1.84. The lowest BCUT2D eigenvalue weighted by Gasteiger charge is -2.11. The van der Waals surface area contributed by atoms with E-state index in [0.717, 1.165) is 12.0 Å². The van der Waals surface area contributed by atoms with Gasteiger partial charge in [0.15, 0.2) is 5.82 Å². The predicted molar refractivity (Wildman–Crippen MR) is 74.9 cm³/mol. The molecule has 2 aromatic heterocycles. The highest BCUT2D eigenvalue weighted by Crippen LogP contribution is 2.18. The Balaban J connectivity index is 2.10. The van der Waals surface area contributed by atoms with Gasteiger partial charge in [0, 0.05) is 18.9 Å². The number of nitrogens with one attached hydrogen (secondary N) is 1. The summed E-state index contributed by atoms with van der Waals surface area (Å²) in [5.41, 5.74) is 2.52. The fourth-order valence-corrected chi connectivity index (χ4v) is 1.87. The van der Waals surface area contributed by atoms with E-state index in [1.807, 2.05) is 12.1 Å². The van der Waals surface area contributed by atoms with Crippen LogP contribution in [-0.4, -0.2) is 32.8 Å². The van der Waals surface area contributed by atoms with E-state index in [9.17, 15) is 9.90 Å². The van der Waals surface area contributed by atoms with Crippen molar-refractivity contribution in [2.75, 3.05) is 11.9 Å². The van der Waals surface area contributed by atoms with Crippen LogP contribution in [0.15, 0.2) is 24.5 Å². The molecule has 6 nitrogen and oxygen atoms in total. The van der Waals surface area contributed by atoms with E-state index in [2.05, 4.69) is 20.5 Å². The van der Waals surface area contributed by atoms with Gasteiger partial charge >= 0.3 is 5.97 Å². The monoisotopic (exact) mass is 272 g/mol. The first-order valence-corrected chi connectivity index (χ1v) is 6.29. The minimum absolute atomic E-state index is 0.184. The zero-order valence-corrected chi connectivity index (χ0v) is 11.4. The maximum atomic E-state index is 11.3. The van der Waals surface area contributed by atoms with Crippen molar-refractivity contribution in [2.24, 2.45) is 0 Å². The van der Waals surface area contributed by atoms with E-state index in [1.54, 1.807) is 26.2 Å². The molecule has 20 heavy (non-hydrogen) atoms. The van der Waals surface area contributed by atoms with Crippen LogP contribution in [-0.2, 0) is 6.42 Å². The van der Waals surface area contributed by atoms with Crippen LogP contribution >= 0.6 is 0 Å². The highest BCUT2D eigenvalue weighted by Gasteiger charge is 2.17. The van der Waals surface area contributed by atoms with E-state index in [0.29, 0.717) is 23.6 Å². The van der Waals surface area contributed by atoms with Crippen LogP contribution in [0.1, 0.15) is 27.2 Å². The quantitative estimate of drug-likeness (QED) is 0.863. The minimum atomic E-state index is -0.996. The molecule has 0 unspecified atom stereocenters. The Bertz CT molecular complexity index is 614. The molecule has 0 spiro atoms. The fourth-order valence-electron chi connectivity index (χ4n) is 1.87. The highest BCUT2D eigenvalue weighted by molar-refractivity contribution is 5.94. The van der Waals surface area contributed by atoms with Gasteiger partial charge in [0.1, 0.15) is 5.56 Å². The van der Waals surface area contributed by atoms with Crippen molar-refractivity contribution in [2.45, 2.75) is 20.3 Å². The molecule has 104 valence electrons. The van der Waals surface area contributed by atoms with Crippen molar-refractivity contribution < 1.29 is 9.90 Å². The molecular formula is C14H16N4O2. The van der Waals surface area contributed by atoms with Crippen molar-refractivity contribution in [3.05, 3.63) is 46.9 Å². The average molecular weight is 272 g/mol. The van der Waals surface area contributed by atoms with Gasteiger partial charge in [0.05, 0.1) is 5.69 Å². The number of pyridine rings is 1. The summed E-state index contributed by atoms with van der Waals surface area (Å²) in [7, 11) is 0. The van der Waals surface area contributed by atoms with Crippen LogP contribution in [0.25, 0.3) is 0 Å². The van der Waals surface area contributed by atoms with E-state index < -0.39 is 5.97 Å². The Morgan fingerprint density at radius 2 is 2.15 bits per heavy atom. The third-order valence-corrected chi connectivity index (χ3v) is 3.10. The van der Waals surface area contributed by atoms with Gasteiger partial charge in [-0.05, 0) is 37.5 Å². The zero-order chi connectivity index (χ0) is 14.5. The summed E-state index contributed by atoms with van der Waals surface area (Å²) in [6.07, 6.45) is 4.24. The van der Waals surface area contributed by atoms with Crippen LogP contribution in [0.4, 0.5) is 5.82 Å². The molecule has 0 fully saturated rings. The molecule has 0 bridgehead atoms. The normalized spacial score (nSPS) is 10.3. The van der Waals surface area contributed by atoms with E-state index in [-0.39, 0.29) is 5.56 Å². The highest BCUT2D eigenvalue weighted by atomic mass is 16.4. The fraction of sp³-hybridized carbons (Fsp3) is 0.286. The lowest BCUT2D eigenvalue weighted by Crippen LogP contribution is -2.14.